The van der Waals surface area contributed by atoms with Crippen molar-refractivity contribution >= 4 is 22.9 Å². The van der Waals surface area contributed by atoms with Crippen LogP contribution in [0.25, 0.3) is 22.1 Å². The Morgan fingerprint density at radius 3 is 2.33 bits per heavy atom. The van der Waals surface area contributed by atoms with E-state index in [1.54, 1.807) is 6.07 Å². The quantitative estimate of drug-likeness (QED) is 0.413. The van der Waals surface area contributed by atoms with E-state index in [9.17, 15) is 19.5 Å². The Morgan fingerprint density at radius 2 is 1.70 bits per heavy atom. The van der Waals surface area contributed by atoms with Gasteiger partial charge in [0, 0.05) is 17.7 Å². The van der Waals surface area contributed by atoms with E-state index in [-0.39, 0.29) is 39.5 Å². The largest absolute Gasteiger partial charge is 0.504 e. The maximum absolute atomic E-state index is 13.5. The van der Waals surface area contributed by atoms with Gasteiger partial charge in [-0.05, 0) is 24.1 Å². The first kappa shape index (κ1) is 23.5. The third-order valence-corrected chi connectivity index (χ3v) is 4.78. The van der Waals surface area contributed by atoms with Crippen LogP contribution < -0.4 is 19.6 Å². The van der Waals surface area contributed by atoms with E-state index in [0.29, 0.717) is 24.0 Å². The highest BCUT2D eigenvalue weighted by Gasteiger charge is 2.21. The van der Waals surface area contributed by atoms with Crippen molar-refractivity contribution in [1.82, 2.24) is 0 Å². The summed E-state index contributed by atoms with van der Waals surface area (Å²) in [6.07, 6.45) is 2.36. The number of aliphatic carboxylic acids is 2. The molecule has 2 aromatic carbocycles. The summed E-state index contributed by atoms with van der Waals surface area (Å²) in [5.41, 5.74) is 0.549. The highest BCUT2D eigenvalue weighted by atomic mass is 16.5. The summed E-state index contributed by atoms with van der Waals surface area (Å²) in [4.78, 5) is 35.3. The molecule has 174 valence electrons. The molecule has 33 heavy (non-hydrogen) atoms. The second-order valence-corrected chi connectivity index (χ2v) is 7.03. The van der Waals surface area contributed by atoms with E-state index in [4.69, 9.17) is 28.8 Å². The van der Waals surface area contributed by atoms with Crippen LogP contribution in [-0.4, -0.2) is 47.6 Å². The number of benzene rings is 2. The van der Waals surface area contributed by atoms with Gasteiger partial charge in [0.1, 0.15) is 28.7 Å². The molecule has 0 amide bonds. The van der Waals surface area contributed by atoms with Gasteiger partial charge in [0.15, 0.2) is 24.7 Å². The van der Waals surface area contributed by atoms with Crippen LogP contribution in [0.5, 0.6) is 23.0 Å². The third kappa shape index (κ3) is 5.00. The first-order chi connectivity index (χ1) is 15.8. The van der Waals surface area contributed by atoms with E-state index in [1.165, 1.54) is 31.6 Å². The normalized spacial score (nSPS) is 10.7. The Bertz CT molecular complexity index is 1260. The number of hydrogen-bond acceptors (Lipinski definition) is 8. The number of hydrogen-bond donors (Lipinski definition) is 3. The van der Waals surface area contributed by atoms with E-state index in [1.807, 2.05) is 6.92 Å². The number of carboxylic acid groups (broad SMARTS) is 2. The standard InChI is InChI=1S/C23H22O10/c1-3-4-14-13(5-6-16(30-2)22(14)28)15-9-32-17-7-12(31-10-19(24)25)8-18(21(17)23(15)29)33-11-20(26)27/h5-9,28H,3-4,10-11H2,1-2H3,(H,24,25)(H,26,27). The lowest BCUT2D eigenvalue weighted by Gasteiger charge is -2.15. The summed E-state index contributed by atoms with van der Waals surface area (Å²) in [5, 5.41) is 28.4. The van der Waals surface area contributed by atoms with E-state index in [2.05, 4.69) is 0 Å². The van der Waals surface area contributed by atoms with Crippen molar-refractivity contribution in [2.24, 2.45) is 0 Å². The van der Waals surface area contributed by atoms with Crippen LogP contribution in [0, 0.1) is 0 Å². The van der Waals surface area contributed by atoms with Crippen molar-refractivity contribution in [3.8, 4) is 34.1 Å². The highest BCUT2D eigenvalue weighted by Crippen LogP contribution is 2.38. The lowest BCUT2D eigenvalue weighted by molar-refractivity contribution is -0.140. The SMILES string of the molecule is CCCc1c(-c2coc3cc(OCC(=O)O)cc(OCC(=O)O)c3c2=O)ccc(OC)c1O. The summed E-state index contributed by atoms with van der Waals surface area (Å²) in [5.74, 6) is -2.43. The maximum atomic E-state index is 13.5. The monoisotopic (exact) mass is 458 g/mol. The molecule has 0 saturated carbocycles. The van der Waals surface area contributed by atoms with Gasteiger partial charge >= 0.3 is 11.9 Å². The molecule has 0 aliphatic carbocycles. The summed E-state index contributed by atoms with van der Waals surface area (Å²) >= 11 is 0. The van der Waals surface area contributed by atoms with Gasteiger partial charge in [0.2, 0.25) is 5.43 Å². The van der Waals surface area contributed by atoms with Crippen LogP contribution in [0.1, 0.15) is 18.9 Å². The Hall–Kier alpha value is -4.21. The van der Waals surface area contributed by atoms with Gasteiger partial charge in [-0.25, -0.2) is 9.59 Å². The molecule has 0 unspecified atom stereocenters. The van der Waals surface area contributed by atoms with E-state index < -0.39 is 30.6 Å². The van der Waals surface area contributed by atoms with Crippen molar-refractivity contribution < 1.29 is 43.5 Å². The maximum Gasteiger partial charge on any atom is 0.341 e. The molecule has 1 heterocycles. The van der Waals surface area contributed by atoms with Gasteiger partial charge in [-0.1, -0.05) is 13.3 Å². The molecule has 10 heteroatoms. The van der Waals surface area contributed by atoms with Crippen molar-refractivity contribution in [3.63, 3.8) is 0 Å². The highest BCUT2D eigenvalue weighted by molar-refractivity contribution is 5.89. The minimum Gasteiger partial charge on any atom is -0.504 e. The molecule has 0 saturated heterocycles. The molecule has 0 bridgehead atoms. The van der Waals surface area contributed by atoms with Crippen LogP contribution in [0.15, 0.2) is 39.7 Å². The third-order valence-electron chi connectivity index (χ3n) is 4.78. The summed E-state index contributed by atoms with van der Waals surface area (Å²) in [7, 11) is 1.42. The Balaban J connectivity index is 2.23. The number of phenolic OH excluding ortho intramolecular Hbond substituents is 1. The van der Waals surface area contributed by atoms with Crippen molar-refractivity contribution in [2.45, 2.75) is 19.8 Å². The Kier molecular flexibility index (Phi) is 7.07. The van der Waals surface area contributed by atoms with Crippen LogP contribution in [-0.2, 0) is 16.0 Å². The lowest BCUT2D eigenvalue weighted by Crippen LogP contribution is -2.14. The number of carboxylic acids is 2. The molecule has 10 nitrogen and oxygen atoms in total. The van der Waals surface area contributed by atoms with Crippen LogP contribution in [0.3, 0.4) is 0 Å². The minimum atomic E-state index is -1.27. The fraction of sp³-hybridized carbons (Fsp3) is 0.261. The lowest BCUT2D eigenvalue weighted by atomic mass is 9.95. The second-order valence-electron chi connectivity index (χ2n) is 7.03. The first-order valence-electron chi connectivity index (χ1n) is 9.94. The molecule has 0 fully saturated rings. The molecule has 0 spiro atoms. The molecule has 0 aliphatic heterocycles. The Labute approximate surface area is 187 Å². The van der Waals surface area contributed by atoms with Crippen molar-refractivity contribution in [1.29, 1.82) is 0 Å². The topological polar surface area (TPSA) is 153 Å². The smallest absolute Gasteiger partial charge is 0.341 e. The fourth-order valence-corrected chi connectivity index (χ4v) is 3.40. The van der Waals surface area contributed by atoms with Crippen molar-refractivity contribution in [3.05, 3.63) is 46.3 Å². The summed E-state index contributed by atoms with van der Waals surface area (Å²) < 4.78 is 21.2. The first-order valence-corrected chi connectivity index (χ1v) is 9.94. The molecule has 0 aliphatic rings. The number of methoxy groups -OCH3 is 1. The van der Waals surface area contributed by atoms with Gasteiger partial charge in [-0.15, -0.1) is 0 Å². The van der Waals surface area contributed by atoms with E-state index in [0.717, 1.165) is 0 Å². The van der Waals surface area contributed by atoms with Gasteiger partial charge in [0.05, 0.1) is 12.7 Å². The number of ether oxygens (including phenoxy) is 3. The zero-order valence-electron chi connectivity index (χ0n) is 17.9. The van der Waals surface area contributed by atoms with Gasteiger partial charge < -0.3 is 33.9 Å². The number of fused-ring (bicyclic) bond motifs is 1. The Morgan fingerprint density at radius 1 is 1.00 bits per heavy atom. The predicted molar refractivity (Wildman–Crippen MR) is 116 cm³/mol. The number of phenols is 1. The van der Waals surface area contributed by atoms with E-state index >= 15 is 0 Å². The average Bonchev–Trinajstić information content (AvgIpc) is 2.78. The molecule has 3 rings (SSSR count). The van der Waals surface area contributed by atoms with Gasteiger partial charge in [-0.3, -0.25) is 4.79 Å². The number of rotatable bonds is 10. The minimum absolute atomic E-state index is 0.0156. The van der Waals surface area contributed by atoms with Crippen LogP contribution in [0.2, 0.25) is 0 Å². The average molecular weight is 458 g/mol. The van der Waals surface area contributed by atoms with Crippen molar-refractivity contribution in [2.75, 3.05) is 20.3 Å². The summed E-state index contributed by atoms with van der Waals surface area (Å²) in [6.45, 7) is 0.519. The molecular formula is C23H22O10. The molecule has 0 atom stereocenters. The predicted octanol–water partition coefficient (Wildman–Crippen LogP) is 3.05. The molecule has 3 aromatic rings. The van der Waals surface area contributed by atoms with Gasteiger partial charge in [-0.2, -0.15) is 0 Å². The number of aromatic hydroxyl groups is 1. The fourth-order valence-electron chi connectivity index (χ4n) is 3.40. The zero-order valence-corrected chi connectivity index (χ0v) is 17.9. The number of carbonyl (C=O) groups is 2. The summed E-state index contributed by atoms with van der Waals surface area (Å²) in [6, 6.07) is 5.70. The second kappa shape index (κ2) is 9.94. The molecule has 0 radical (unpaired) electrons. The molecule has 1 aromatic heterocycles. The van der Waals surface area contributed by atoms with Crippen LogP contribution in [0.4, 0.5) is 0 Å². The molecular weight excluding hydrogens is 436 g/mol. The zero-order chi connectivity index (χ0) is 24.1. The van der Waals surface area contributed by atoms with Gasteiger partial charge in [0.25, 0.3) is 0 Å². The van der Waals surface area contributed by atoms with Crippen LogP contribution >= 0.6 is 0 Å². The molecule has 3 N–H and O–H groups in total.